The molecule has 0 aliphatic rings. The molecule has 19 heavy (non-hydrogen) atoms. The molecule has 0 unspecified atom stereocenters. The first-order valence-electron chi connectivity index (χ1n) is 6.07. The van der Waals surface area contributed by atoms with Crippen LogP contribution >= 0.6 is 0 Å². The predicted molar refractivity (Wildman–Crippen MR) is 67.5 cm³/mol. The maximum atomic E-state index is 13.0. The summed E-state index contributed by atoms with van der Waals surface area (Å²) in [6.45, 7) is 3.08. The Morgan fingerprint density at radius 1 is 1.16 bits per heavy atom. The maximum absolute atomic E-state index is 13.0. The van der Waals surface area contributed by atoms with Crippen LogP contribution in [0.5, 0.6) is 0 Å². The summed E-state index contributed by atoms with van der Waals surface area (Å²) in [5.74, 6) is 0.602. The van der Waals surface area contributed by atoms with Gasteiger partial charge in [0.2, 0.25) is 0 Å². The highest BCUT2D eigenvalue weighted by molar-refractivity contribution is 5.18. The molecule has 2 aromatic rings. The maximum Gasteiger partial charge on any atom is 0.146 e. The molecule has 0 atom stereocenters. The number of hydrogen-bond acceptors (Lipinski definition) is 3. The highest BCUT2D eigenvalue weighted by atomic mass is 19.1. The van der Waals surface area contributed by atoms with E-state index >= 15 is 0 Å². The molecule has 1 aromatic carbocycles. The molecule has 6 heteroatoms. The zero-order chi connectivity index (χ0) is 13.8. The second-order valence-corrected chi connectivity index (χ2v) is 4.43. The van der Waals surface area contributed by atoms with Gasteiger partial charge in [0.05, 0.1) is 6.54 Å². The van der Waals surface area contributed by atoms with Gasteiger partial charge in [0.1, 0.15) is 23.3 Å². The van der Waals surface area contributed by atoms with Crippen molar-refractivity contribution in [3.05, 3.63) is 47.0 Å². The minimum absolute atomic E-state index is 0.543. The zero-order valence-electron chi connectivity index (χ0n) is 11.0. The van der Waals surface area contributed by atoms with Gasteiger partial charge in [-0.25, -0.2) is 8.78 Å². The molecule has 0 aliphatic heterocycles. The molecule has 0 amide bonds. The van der Waals surface area contributed by atoms with Crippen LogP contribution in [0.15, 0.2) is 18.2 Å². The second kappa shape index (κ2) is 5.88. The van der Waals surface area contributed by atoms with Gasteiger partial charge in [-0.05, 0) is 37.6 Å². The van der Waals surface area contributed by atoms with E-state index in [0.717, 1.165) is 17.7 Å². The minimum Gasteiger partial charge on any atom is -0.317 e. The summed E-state index contributed by atoms with van der Waals surface area (Å²) < 4.78 is 27.8. The van der Waals surface area contributed by atoms with Crippen molar-refractivity contribution in [3.8, 4) is 0 Å². The first-order valence-corrected chi connectivity index (χ1v) is 6.07. The zero-order valence-corrected chi connectivity index (χ0v) is 11.0. The first kappa shape index (κ1) is 13.6. The Hall–Kier alpha value is -1.82. The van der Waals surface area contributed by atoms with Crippen molar-refractivity contribution in [2.24, 2.45) is 7.05 Å². The van der Waals surface area contributed by atoms with E-state index < -0.39 is 11.6 Å². The van der Waals surface area contributed by atoms with Crippen LogP contribution in [-0.4, -0.2) is 21.3 Å². The summed E-state index contributed by atoms with van der Waals surface area (Å²) in [6, 6.07) is 3.56. The molecule has 0 saturated carbocycles. The number of halogens is 2. The van der Waals surface area contributed by atoms with E-state index in [1.807, 2.05) is 18.5 Å². The Balaban J connectivity index is 1.82. The van der Waals surface area contributed by atoms with Gasteiger partial charge in [0, 0.05) is 13.1 Å². The van der Waals surface area contributed by atoms with Crippen molar-refractivity contribution in [3.63, 3.8) is 0 Å². The molecular formula is C13H16F2N4. The van der Waals surface area contributed by atoms with Crippen LogP contribution in [0, 0.1) is 18.6 Å². The third kappa shape index (κ3) is 3.57. The van der Waals surface area contributed by atoms with E-state index in [-0.39, 0.29) is 0 Å². The molecule has 0 aliphatic carbocycles. The predicted octanol–water partition coefficient (Wildman–Crippen LogP) is 1.73. The number of aryl methyl sites for hydroxylation is 1. The van der Waals surface area contributed by atoms with E-state index in [1.165, 1.54) is 12.1 Å². The van der Waals surface area contributed by atoms with Gasteiger partial charge < -0.3 is 9.88 Å². The fraction of sp³-hybridized carbons (Fsp3) is 0.385. The molecule has 0 fully saturated rings. The normalized spacial score (nSPS) is 10.9. The van der Waals surface area contributed by atoms with Crippen molar-refractivity contribution in [2.45, 2.75) is 19.9 Å². The number of benzene rings is 1. The van der Waals surface area contributed by atoms with Crippen molar-refractivity contribution in [1.82, 2.24) is 20.1 Å². The molecule has 0 radical (unpaired) electrons. The molecule has 1 aromatic heterocycles. The topological polar surface area (TPSA) is 42.7 Å². The summed E-state index contributed by atoms with van der Waals surface area (Å²) in [4.78, 5) is 0. The van der Waals surface area contributed by atoms with E-state index in [4.69, 9.17) is 0 Å². The lowest BCUT2D eigenvalue weighted by Gasteiger charge is -2.05. The Labute approximate surface area is 110 Å². The number of hydrogen-bond donors (Lipinski definition) is 1. The molecule has 2 rings (SSSR count). The lowest BCUT2D eigenvalue weighted by atomic mass is 10.1. The summed E-state index contributed by atoms with van der Waals surface area (Å²) in [5.41, 5.74) is 0.638. The smallest absolute Gasteiger partial charge is 0.146 e. The number of nitrogens with one attached hydrogen (secondary N) is 1. The van der Waals surface area contributed by atoms with Gasteiger partial charge in [-0.2, -0.15) is 0 Å². The summed E-state index contributed by atoms with van der Waals surface area (Å²) in [6.07, 6.45) is 0.561. The van der Waals surface area contributed by atoms with Gasteiger partial charge in [-0.3, -0.25) is 0 Å². The van der Waals surface area contributed by atoms with Crippen molar-refractivity contribution in [2.75, 3.05) is 6.54 Å². The summed E-state index contributed by atoms with van der Waals surface area (Å²) in [5, 5.41) is 11.1. The minimum atomic E-state index is -0.543. The molecular weight excluding hydrogens is 250 g/mol. The monoisotopic (exact) mass is 266 g/mol. The lowest BCUT2D eigenvalue weighted by molar-refractivity contribution is 0.576. The van der Waals surface area contributed by atoms with Crippen LogP contribution in [0.1, 0.15) is 17.2 Å². The van der Waals surface area contributed by atoms with Crippen molar-refractivity contribution in [1.29, 1.82) is 0 Å². The number of rotatable bonds is 5. The summed E-state index contributed by atoms with van der Waals surface area (Å²) >= 11 is 0. The largest absolute Gasteiger partial charge is 0.317 e. The molecule has 0 spiro atoms. The average molecular weight is 266 g/mol. The second-order valence-electron chi connectivity index (χ2n) is 4.43. The first-order chi connectivity index (χ1) is 9.06. The van der Waals surface area contributed by atoms with Gasteiger partial charge in [0.25, 0.3) is 0 Å². The third-order valence-electron chi connectivity index (χ3n) is 2.98. The van der Waals surface area contributed by atoms with E-state index in [2.05, 4.69) is 15.5 Å². The Morgan fingerprint density at radius 3 is 2.42 bits per heavy atom. The summed E-state index contributed by atoms with van der Waals surface area (Å²) in [7, 11) is 1.90. The SMILES string of the molecule is Cc1nnc(CNCCc2cc(F)cc(F)c2)n1C. The Bertz CT molecular complexity index is 546. The quantitative estimate of drug-likeness (QED) is 0.838. The van der Waals surface area contributed by atoms with E-state index in [9.17, 15) is 8.78 Å². The number of aromatic nitrogens is 3. The molecule has 4 nitrogen and oxygen atoms in total. The van der Waals surface area contributed by atoms with Gasteiger partial charge >= 0.3 is 0 Å². The van der Waals surface area contributed by atoms with Crippen LogP contribution in [0.25, 0.3) is 0 Å². The van der Waals surface area contributed by atoms with Crippen LogP contribution in [0.4, 0.5) is 8.78 Å². The van der Waals surface area contributed by atoms with Gasteiger partial charge in [-0.1, -0.05) is 0 Å². The molecule has 1 N–H and O–H groups in total. The Morgan fingerprint density at radius 2 is 1.84 bits per heavy atom. The van der Waals surface area contributed by atoms with E-state index in [0.29, 0.717) is 25.1 Å². The lowest BCUT2D eigenvalue weighted by Crippen LogP contribution is -2.19. The third-order valence-corrected chi connectivity index (χ3v) is 2.98. The van der Waals surface area contributed by atoms with Crippen molar-refractivity contribution >= 4 is 0 Å². The average Bonchev–Trinajstić information content (AvgIpc) is 2.65. The fourth-order valence-corrected chi connectivity index (χ4v) is 1.79. The van der Waals surface area contributed by atoms with Gasteiger partial charge in [-0.15, -0.1) is 10.2 Å². The van der Waals surface area contributed by atoms with Crippen LogP contribution < -0.4 is 5.32 Å². The Kier molecular flexibility index (Phi) is 4.21. The van der Waals surface area contributed by atoms with Gasteiger partial charge in [0.15, 0.2) is 0 Å². The van der Waals surface area contributed by atoms with Crippen LogP contribution in [-0.2, 0) is 20.0 Å². The highest BCUT2D eigenvalue weighted by Gasteiger charge is 2.04. The highest BCUT2D eigenvalue weighted by Crippen LogP contribution is 2.08. The molecule has 102 valence electrons. The van der Waals surface area contributed by atoms with Crippen LogP contribution in [0.2, 0.25) is 0 Å². The van der Waals surface area contributed by atoms with E-state index in [1.54, 1.807) is 0 Å². The van der Waals surface area contributed by atoms with Crippen LogP contribution in [0.3, 0.4) is 0 Å². The standard InChI is InChI=1S/C13H16F2N4/c1-9-17-18-13(19(9)2)8-16-4-3-10-5-11(14)7-12(15)6-10/h5-7,16H,3-4,8H2,1-2H3. The van der Waals surface area contributed by atoms with Crippen molar-refractivity contribution < 1.29 is 8.78 Å². The molecule has 0 saturated heterocycles. The number of nitrogens with zero attached hydrogens (tertiary/aromatic N) is 3. The fourth-order valence-electron chi connectivity index (χ4n) is 1.79. The molecule has 0 bridgehead atoms. The molecule has 1 heterocycles.